The van der Waals surface area contributed by atoms with Gasteiger partial charge in [-0.05, 0) is 56.4 Å². The summed E-state index contributed by atoms with van der Waals surface area (Å²) < 4.78 is 5.87. The largest absolute Gasteiger partial charge is 0.382 e. The van der Waals surface area contributed by atoms with Gasteiger partial charge in [0.05, 0.1) is 12.7 Å². The summed E-state index contributed by atoms with van der Waals surface area (Å²) in [5, 5.41) is 3.55. The van der Waals surface area contributed by atoms with Crippen molar-refractivity contribution in [3.63, 3.8) is 0 Å². The highest BCUT2D eigenvalue weighted by Gasteiger charge is 2.22. The molecule has 3 heteroatoms. The van der Waals surface area contributed by atoms with Gasteiger partial charge in [-0.3, -0.25) is 4.90 Å². The Morgan fingerprint density at radius 2 is 2.15 bits per heavy atom. The average molecular weight is 274 g/mol. The van der Waals surface area contributed by atoms with Crippen LogP contribution in [-0.4, -0.2) is 43.3 Å². The van der Waals surface area contributed by atoms with Crippen LogP contribution >= 0.6 is 0 Å². The number of rotatable bonds is 4. The number of hydrogen-bond acceptors (Lipinski definition) is 3. The van der Waals surface area contributed by atoms with Crippen molar-refractivity contribution >= 4 is 5.69 Å². The van der Waals surface area contributed by atoms with Crippen molar-refractivity contribution in [2.24, 2.45) is 0 Å². The number of benzene rings is 1. The van der Waals surface area contributed by atoms with Gasteiger partial charge >= 0.3 is 0 Å². The first-order chi connectivity index (χ1) is 9.72. The van der Waals surface area contributed by atoms with E-state index in [-0.39, 0.29) is 0 Å². The van der Waals surface area contributed by atoms with Crippen molar-refractivity contribution in [1.82, 2.24) is 4.90 Å². The van der Waals surface area contributed by atoms with Gasteiger partial charge in [0.1, 0.15) is 0 Å². The Hall–Kier alpha value is -1.06. The molecule has 1 unspecified atom stereocenters. The molecule has 0 bridgehead atoms. The van der Waals surface area contributed by atoms with Crippen LogP contribution in [0.1, 0.15) is 31.4 Å². The van der Waals surface area contributed by atoms with Gasteiger partial charge in [-0.25, -0.2) is 0 Å². The molecular weight excluding hydrogens is 248 g/mol. The van der Waals surface area contributed by atoms with Gasteiger partial charge in [0.25, 0.3) is 0 Å². The summed E-state index contributed by atoms with van der Waals surface area (Å²) in [4.78, 5) is 2.50. The topological polar surface area (TPSA) is 24.5 Å². The molecule has 0 aromatic heterocycles. The second kappa shape index (κ2) is 6.15. The molecular formula is C17H26N2O. The smallest absolute Gasteiger partial charge is 0.0874 e. The van der Waals surface area contributed by atoms with Gasteiger partial charge in [-0.1, -0.05) is 6.07 Å². The molecule has 1 aliphatic heterocycles. The molecule has 1 aromatic rings. The lowest BCUT2D eigenvalue weighted by molar-refractivity contribution is -0.0315. The molecule has 0 saturated carbocycles. The predicted molar refractivity (Wildman–Crippen MR) is 83.4 cm³/mol. The standard InChI is InChI=1S/C17H26N2O/c1-13(2)19-8-9-20-17(12-19)11-18-16-7-6-14-4-3-5-15(14)10-16/h6-7,10,13,17-18H,3-5,8-9,11-12H2,1-2H3. The molecule has 3 rings (SSSR count). The van der Waals surface area contributed by atoms with E-state index in [0.717, 1.165) is 26.2 Å². The van der Waals surface area contributed by atoms with E-state index in [9.17, 15) is 0 Å². The molecule has 1 saturated heterocycles. The molecule has 20 heavy (non-hydrogen) atoms. The zero-order valence-electron chi connectivity index (χ0n) is 12.7. The maximum atomic E-state index is 5.87. The summed E-state index contributed by atoms with van der Waals surface area (Å²) >= 11 is 0. The summed E-state index contributed by atoms with van der Waals surface area (Å²) in [7, 11) is 0. The van der Waals surface area contributed by atoms with Crippen LogP contribution in [0.2, 0.25) is 0 Å². The average Bonchev–Trinajstić information content (AvgIpc) is 2.93. The second-order valence-electron chi connectivity index (χ2n) is 6.30. The molecule has 0 spiro atoms. The number of fused-ring (bicyclic) bond motifs is 1. The number of aryl methyl sites for hydroxylation is 2. The molecule has 2 aliphatic rings. The van der Waals surface area contributed by atoms with Crippen LogP contribution in [0.15, 0.2) is 18.2 Å². The van der Waals surface area contributed by atoms with Crippen molar-refractivity contribution in [2.75, 3.05) is 31.6 Å². The predicted octanol–water partition coefficient (Wildman–Crippen LogP) is 2.70. The number of hydrogen-bond donors (Lipinski definition) is 1. The van der Waals surface area contributed by atoms with E-state index < -0.39 is 0 Å². The van der Waals surface area contributed by atoms with Crippen molar-refractivity contribution in [2.45, 2.75) is 45.3 Å². The quantitative estimate of drug-likeness (QED) is 0.913. The van der Waals surface area contributed by atoms with Crippen LogP contribution in [0.3, 0.4) is 0 Å². The zero-order valence-corrected chi connectivity index (χ0v) is 12.7. The van der Waals surface area contributed by atoms with Gasteiger partial charge in [-0.2, -0.15) is 0 Å². The van der Waals surface area contributed by atoms with Crippen molar-refractivity contribution in [1.29, 1.82) is 0 Å². The first-order valence-electron chi connectivity index (χ1n) is 7.93. The molecule has 1 aromatic carbocycles. The normalized spacial score (nSPS) is 23.1. The van der Waals surface area contributed by atoms with Crippen molar-refractivity contribution < 1.29 is 4.74 Å². The summed E-state index contributed by atoms with van der Waals surface area (Å²) in [5.41, 5.74) is 4.31. The lowest BCUT2D eigenvalue weighted by atomic mass is 10.1. The number of anilines is 1. The third-order valence-corrected chi connectivity index (χ3v) is 4.53. The first kappa shape index (κ1) is 13.9. The fourth-order valence-electron chi connectivity index (χ4n) is 3.25. The Kier molecular flexibility index (Phi) is 4.27. The van der Waals surface area contributed by atoms with E-state index in [1.54, 1.807) is 0 Å². The van der Waals surface area contributed by atoms with Crippen LogP contribution in [0.4, 0.5) is 5.69 Å². The molecule has 1 aliphatic carbocycles. The zero-order chi connectivity index (χ0) is 13.9. The third-order valence-electron chi connectivity index (χ3n) is 4.53. The molecule has 1 atom stereocenters. The summed E-state index contributed by atoms with van der Waals surface area (Å²) in [6, 6.07) is 7.44. The van der Waals surface area contributed by atoms with Crippen LogP contribution in [0.5, 0.6) is 0 Å². The van der Waals surface area contributed by atoms with Crippen molar-refractivity contribution in [3.05, 3.63) is 29.3 Å². The maximum Gasteiger partial charge on any atom is 0.0874 e. The Labute approximate surface area is 122 Å². The van der Waals surface area contributed by atoms with Gasteiger partial charge < -0.3 is 10.1 Å². The number of morpholine rings is 1. The van der Waals surface area contributed by atoms with Gasteiger partial charge in [0.15, 0.2) is 0 Å². The lowest BCUT2D eigenvalue weighted by Crippen LogP contribution is -2.48. The SMILES string of the molecule is CC(C)N1CCOC(CNc2ccc3c(c2)CCC3)C1. The summed E-state index contributed by atoms with van der Waals surface area (Å²) in [6.45, 7) is 8.38. The maximum absolute atomic E-state index is 5.87. The fraction of sp³-hybridized carbons (Fsp3) is 0.647. The fourth-order valence-corrected chi connectivity index (χ4v) is 3.25. The molecule has 0 radical (unpaired) electrons. The van der Waals surface area contributed by atoms with Crippen LogP contribution in [-0.2, 0) is 17.6 Å². The van der Waals surface area contributed by atoms with E-state index in [1.807, 2.05) is 0 Å². The Bertz CT molecular complexity index is 458. The second-order valence-corrected chi connectivity index (χ2v) is 6.30. The Morgan fingerprint density at radius 3 is 3.00 bits per heavy atom. The van der Waals surface area contributed by atoms with Gasteiger partial charge in [-0.15, -0.1) is 0 Å². The van der Waals surface area contributed by atoms with Crippen LogP contribution in [0.25, 0.3) is 0 Å². The van der Waals surface area contributed by atoms with E-state index in [4.69, 9.17) is 4.74 Å². The molecule has 3 nitrogen and oxygen atoms in total. The minimum absolute atomic E-state index is 0.305. The summed E-state index contributed by atoms with van der Waals surface area (Å²) in [5.74, 6) is 0. The highest BCUT2D eigenvalue weighted by Crippen LogP contribution is 2.25. The molecule has 1 fully saturated rings. The number of ether oxygens (including phenoxy) is 1. The van der Waals surface area contributed by atoms with Crippen LogP contribution < -0.4 is 5.32 Å². The monoisotopic (exact) mass is 274 g/mol. The Balaban J connectivity index is 1.54. The van der Waals surface area contributed by atoms with Gasteiger partial charge in [0.2, 0.25) is 0 Å². The van der Waals surface area contributed by atoms with E-state index >= 15 is 0 Å². The third kappa shape index (κ3) is 3.15. The lowest BCUT2D eigenvalue weighted by Gasteiger charge is -2.35. The highest BCUT2D eigenvalue weighted by molar-refractivity contribution is 5.50. The minimum atomic E-state index is 0.305. The van der Waals surface area contributed by atoms with Crippen LogP contribution in [0, 0.1) is 0 Å². The van der Waals surface area contributed by atoms with E-state index in [1.165, 1.54) is 36.1 Å². The number of nitrogens with zero attached hydrogens (tertiary/aromatic N) is 1. The molecule has 0 amide bonds. The molecule has 110 valence electrons. The van der Waals surface area contributed by atoms with Gasteiger partial charge in [0, 0.05) is 31.4 Å². The summed E-state index contributed by atoms with van der Waals surface area (Å²) in [6.07, 6.45) is 4.12. The van der Waals surface area contributed by atoms with E-state index in [0.29, 0.717) is 12.1 Å². The first-order valence-corrected chi connectivity index (χ1v) is 7.93. The molecule has 1 heterocycles. The molecule has 1 N–H and O–H groups in total. The minimum Gasteiger partial charge on any atom is -0.382 e. The Morgan fingerprint density at radius 1 is 1.30 bits per heavy atom. The highest BCUT2D eigenvalue weighted by atomic mass is 16.5. The van der Waals surface area contributed by atoms with Crippen molar-refractivity contribution in [3.8, 4) is 0 Å². The number of nitrogens with one attached hydrogen (secondary N) is 1. The van der Waals surface area contributed by atoms with E-state index in [2.05, 4.69) is 42.3 Å².